The van der Waals surface area contributed by atoms with E-state index in [4.69, 9.17) is 0 Å². The predicted molar refractivity (Wildman–Crippen MR) is 62.6 cm³/mol. The van der Waals surface area contributed by atoms with E-state index in [2.05, 4.69) is 38.2 Å². The molecule has 2 nitrogen and oxygen atoms in total. The van der Waals surface area contributed by atoms with Crippen LogP contribution in [-0.4, -0.2) is 37.1 Å². The minimum atomic E-state index is 0.474. The minimum Gasteiger partial charge on any atom is -0.312 e. The maximum atomic E-state index is 3.67. The Balaban J connectivity index is 2.27. The highest BCUT2D eigenvalue weighted by atomic mass is 15.2. The molecular formula is C12H26N2. The molecule has 0 aromatic carbocycles. The van der Waals surface area contributed by atoms with Gasteiger partial charge >= 0.3 is 0 Å². The van der Waals surface area contributed by atoms with E-state index in [9.17, 15) is 0 Å². The van der Waals surface area contributed by atoms with Crippen LogP contribution in [-0.2, 0) is 0 Å². The maximum absolute atomic E-state index is 3.67. The monoisotopic (exact) mass is 198 g/mol. The van der Waals surface area contributed by atoms with Gasteiger partial charge in [-0.2, -0.15) is 0 Å². The summed E-state index contributed by atoms with van der Waals surface area (Å²) in [5, 5.41) is 3.67. The summed E-state index contributed by atoms with van der Waals surface area (Å²) in [5.74, 6) is 0. The molecule has 1 aliphatic rings. The molecule has 0 aromatic heterocycles. The van der Waals surface area contributed by atoms with Crippen LogP contribution in [0, 0.1) is 0 Å². The Morgan fingerprint density at radius 3 is 2.36 bits per heavy atom. The van der Waals surface area contributed by atoms with Crippen molar-refractivity contribution in [3.8, 4) is 0 Å². The molecule has 0 saturated heterocycles. The second-order valence-electron chi connectivity index (χ2n) is 5.04. The Morgan fingerprint density at radius 2 is 2.00 bits per heavy atom. The number of likely N-dealkylation sites (N-methyl/N-ethyl adjacent to an activating group) is 1. The summed E-state index contributed by atoms with van der Waals surface area (Å²) in [6.07, 6.45) is 6.71. The van der Waals surface area contributed by atoms with E-state index in [0.717, 1.165) is 0 Å². The third kappa shape index (κ3) is 2.71. The summed E-state index contributed by atoms with van der Waals surface area (Å²) in [6.45, 7) is 5.72. The summed E-state index contributed by atoms with van der Waals surface area (Å²) in [7, 11) is 4.43. The zero-order valence-corrected chi connectivity index (χ0v) is 10.3. The highest BCUT2D eigenvalue weighted by Crippen LogP contribution is 2.35. The van der Waals surface area contributed by atoms with Crippen LogP contribution in [0.2, 0.25) is 0 Å². The van der Waals surface area contributed by atoms with Gasteiger partial charge in [0.05, 0.1) is 0 Å². The summed E-state index contributed by atoms with van der Waals surface area (Å²) < 4.78 is 0. The molecule has 1 aliphatic carbocycles. The molecule has 0 aliphatic heterocycles. The van der Waals surface area contributed by atoms with E-state index in [1.165, 1.54) is 38.6 Å². The Morgan fingerprint density at radius 1 is 1.36 bits per heavy atom. The third-order valence-corrected chi connectivity index (χ3v) is 3.73. The zero-order valence-electron chi connectivity index (χ0n) is 10.3. The molecule has 1 rings (SSSR count). The number of nitrogens with one attached hydrogen (secondary N) is 1. The molecule has 1 N–H and O–H groups in total. The first-order valence-corrected chi connectivity index (χ1v) is 6.01. The first kappa shape index (κ1) is 12.0. The number of rotatable bonds is 6. The van der Waals surface area contributed by atoms with Crippen LogP contribution in [0.5, 0.6) is 0 Å². The molecule has 0 amide bonds. The van der Waals surface area contributed by atoms with Crippen molar-refractivity contribution in [1.82, 2.24) is 10.2 Å². The molecule has 1 saturated carbocycles. The minimum absolute atomic E-state index is 0.474. The van der Waals surface area contributed by atoms with Crippen LogP contribution in [0.1, 0.15) is 46.0 Å². The largest absolute Gasteiger partial charge is 0.312 e. The average molecular weight is 198 g/mol. The highest BCUT2D eigenvalue weighted by Gasteiger charge is 2.38. The Bertz CT molecular complexity index is 162. The Hall–Kier alpha value is -0.0800. The summed E-state index contributed by atoms with van der Waals surface area (Å²) in [5.41, 5.74) is 0.474. The van der Waals surface area contributed by atoms with Gasteiger partial charge in [0.15, 0.2) is 0 Å². The SMILES string of the molecule is CCCC(C)NCC1(N(C)C)CCC1. The predicted octanol–water partition coefficient (Wildman–Crippen LogP) is 2.25. The summed E-state index contributed by atoms with van der Waals surface area (Å²) >= 11 is 0. The quantitative estimate of drug-likeness (QED) is 0.704. The second-order valence-corrected chi connectivity index (χ2v) is 5.04. The molecule has 1 fully saturated rings. The van der Waals surface area contributed by atoms with Gasteiger partial charge in [0.2, 0.25) is 0 Å². The van der Waals surface area contributed by atoms with Gasteiger partial charge in [0.1, 0.15) is 0 Å². The lowest BCUT2D eigenvalue weighted by Crippen LogP contribution is -2.57. The smallest absolute Gasteiger partial charge is 0.0328 e. The van der Waals surface area contributed by atoms with Gasteiger partial charge < -0.3 is 10.2 Å². The van der Waals surface area contributed by atoms with Gasteiger partial charge in [-0.05, 0) is 46.7 Å². The van der Waals surface area contributed by atoms with E-state index < -0.39 is 0 Å². The number of nitrogens with zero attached hydrogens (tertiary/aromatic N) is 1. The molecule has 0 radical (unpaired) electrons. The van der Waals surface area contributed by atoms with Gasteiger partial charge in [-0.25, -0.2) is 0 Å². The topological polar surface area (TPSA) is 15.3 Å². The van der Waals surface area contributed by atoms with Gasteiger partial charge in [-0.15, -0.1) is 0 Å². The Labute approximate surface area is 89.1 Å². The molecule has 1 unspecified atom stereocenters. The van der Waals surface area contributed by atoms with Crippen molar-refractivity contribution in [2.24, 2.45) is 0 Å². The first-order chi connectivity index (χ1) is 6.60. The summed E-state index contributed by atoms with van der Waals surface area (Å²) in [4.78, 5) is 2.40. The van der Waals surface area contributed by atoms with Crippen LogP contribution < -0.4 is 5.32 Å². The van der Waals surface area contributed by atoms with Crippen LogP contribution in [0.25, 0.3) is 0 Å². The average Bonchev–Trinajstić information content (AvgIpc) is 2.02. The van der Waals surface area contributed by atoms with E-state index >= 15 is 0 Å². The fourth-order valence-corrected chi connectivity index (χ4v) is 2.27. The van der Waals surface area contributed by atoms with Crippen LogP contribution in [0.3, 0.4) is 0 Å². The van der Waals surface area contributed by atoms with Crippen LogP contribution in [0.15, 0.2) is 0 Å². The fourth-order valence-electron chi connectivity index (χ4n) is 2.27. The van der Waals surface area contributed by atoms with Gasteiger partial charge in [0, 0.05) is 18.1 Å². The third-order valence-electron chi connectivity index (χ3n) is 3.73. The van der Waals surface area contributed by atoms with Crippen LogP contribution in [0.4, 0.5) is 0 Å². The van der Waals surface area contributed by atoms with Gasteiger partial charge in [0.25, 0.3) is 0 Å². The number of hydrogen-bond donors (Lipinski definition) is 1. The standard InChI is InChI=1S/C12H26N2/c1-5-7-11(2)13-10-12(14(3)4)8-6-9-12/h11,13H,5-10H2,1-4H3. The molecule has 0 spiro atoms. The van der Waals surface area contributed by atoms with Crippen molar-refractivity contribution in [1.29, 1.82) is 0 Å². The van der Waals surface area contributed by atoms with Crippen molar-refractivity contribution < 1.29 is 0 Å². The van der Waals surface area contributed by atoms with Crippen molar-refractivity contribution in [2.45, 2.75) is 57.5 Å². The molecule has 0 heterocycles. The van der Waals surface area contributed by atoms with Gasteiger partial charge in [-0.3, -0.25) is 0 Å². The molecule has 14 heavy (non-hydrogen) atoms. The maximum Gasteiger partial charge on any atom is 0.0328 e. The van der Waals surface area contributed by atoms with Crippen molar-refractivity contribution in [2.75, 3.05) is 20.6 Å². The lowest BCUT2D eigenvalue weighted by Gasteiger charge is -2.48. The first-order valence-electron chi connectivity index (χ1n) is 6.01. The number of hydrogen-bond acceptors (Lipinski definition) is 2. The molecule has 84 valence electrons. The molecule has 0 bridgehead atoms. The van der Waals surface area contributed by atoms with E-state index in [-0.39, 0.29) is 0 Å². The van der Waals surface area contributed by atoms with E-state index in [1.807, 2.05) is 0 Å². The lowest BCUT2D eigenvalue weighted by molar-refractivity contribution is 0.0574. The fraction of sp³-hybridized carbons (Fsp3) is 1.00. The second kappa shape index (κ2) is 5.13. The Kier molecular flexibility index (Phi) is 4.39. The highest BCUT2D eigenvalue weighted by molar-refractivity contribution is 4.97. The van der Waals surface area contributed by atoms with Crippen molar-refractivity contribution >= 4 is 0 Å². The molecule has 0 aromatic rings. The summed E-state index contributed by atoms with van der Waals surface area (Å²) in [6, 6.07) is 0.678. The molecule has 1 atom stereocenters. The zero-order chi connectivity index (χ0) is 10.6. The normalized spacial score (nSPS) is 22.1. The van der Waals surface area contributed by atoms with Crippen molar-refractivity contribution in [3.63, 3.8) is 0 Å². The molecule has 2 heteroatoms. The van der Waals surface area contributed by atoms with Gasteiger partial charge in [-0.1, -0.05) is 13.3 Å². The van der Waals surface area contributed by atoms with Crippen LogP contribution >= 0.6 is 0 Å². The van der Waals surface area contributed by atoms with Crippen molar-refractivity contribution in [3.05, 3.63) is 0 Å². The molecular weight excluding hydrogens is 172 g/mol. The van der Waals surface area contributed by atoms with E-state index in [0.29, 0.717) is 11.6 Å². The lowest BCUT2D eigenvalue weighted by atomic mass is 9.75. The van der Waals surface area contributed by atoms with E-state index in [1.54, 1.807) is 0 Å².